The van der Waals surface area contributed by atoms with E-state index < -0.39 is 0 Å². The lowest BCUT2D eigenvalue weighted by molar-refractivity contribution is 0.236. The van der Waals surface area contributed by atoms with Crippen molar-refractivity contribution in [1.29, 1.82) is 0 Å². The Labute approximate surface area is 131 Å². The molecular formula is C19H22N2O. The fourth-order valence-electron chi connectivity index (χ4n) is 3.06. The van der Waals surface area contributed by atoms with E-state index in [1.165, 1.54) is 17.5 Å². The molecule has 1 aliphatic carbocycles. The minimum atomic E-state index is -0.0921. The van der Waals surface area contributed by atoms with Gasteiger partial charge in [0.15, 0.2) is 0 Å². The fraction of sp³-hybridized carbons (Fsp3) is 0.316. The summed E-state index contributed by atoms with van der Waals surface area (Å²) in [6, 6.07) is 18.5. The number of amides is 2. The molecule has 0 heterocycles. The van der Waals surface area contributed by atoms with Crippen molar-refractivity contribution in [3.8, 4) is 0 Å². The lowest BCUT2D eigenvalue weighted by Gasteiger charge is -2.19. The first-order valence-corrected chi connectivity index (χ1v) is 7.99. The first-order valence-electron chi connectivity index (χ1n) is 7.99. The molecule has 2 N–H and O–H groups in total. The Morgan fingerprint density at radius 1 is 1.00 bits per heavy atom. The van der Waals surface area contributed by atoms with Crippen LogP contribution in [0.25, 0.3) is 0 Å². The van der Waals surface area contributed by atoms with Crippen LogP contribution in [0.15, 0.2) is 54.6 Å². The van der Waals surface area contributed by atoms with Gasteiger partial charge in [0.05, 0.1) is 6.04 Å². The number of aryl methyl sites for hydroxylation is 1. The molecule has 3 rings (SSSR count). The summed E-state index contributed by atoms with van der Waals surface area (Å²) in [6.45, 7) is 0.557. The summed E-state index contributed by atoms with van der Waals surface area (Å²) < 4.78 is 0. The quantitative estimate of drug-likeness (QED) is 0.827. The van der Waals surface area contributed by atoms with Gasteiger partial charge in [0, 0.05) is 6.54 Å². The highest BCUT2D eigenvalue weighted by molar-refractivity contribution is 5.74. The maximum absolute atomic E-state index is 12.2. The summed E-state index contributed by atoms with van der Waals surface area (Å²) >= 11 is 0. The van der Waals surface area contributed by atoms with Crippen LogP contribution < -0.4 is 10.6 Å². The molecule has 0 aromatic heterocycles. The molecule has 22 heavy (non-hydrogen) atoms. The Kier molecular flexibility index (Phi) is 4.74. The van der Waals surface area contributed by atoms with Gasteiger partial charge in [-0.05, 0) is 36.0 Å². The fourth-order valence-corrected chi connectivity index (χ4v) is 3.06. The van der Waals surface area contributed by atoms with Crippen LogP contribution in [0.3, 0.4) is 0 Å². The predicted molar refractivity (Wildman–Crippen MR) is 88.6 cm³/mol. The smallest absolute Gasteiger partial charge is 0.315 e. The summed E-state index contributed by atoms with van der Waals surface area (Å²) in [5.41, 5.74) is 3.75. The number of hydrogen-bond donors (Lipinski definition) is 2. The number of hydrogen-bond acceptors (Lipinski definition) is 1. The van der Waals surface area contributed by atoms with E-state index in [0.29, 0.717) is 6.54 Å². The molecular weight excluding hydrogens is 272 g/mol. The van der Waals surface area contributed by atoms with E-state index in [1.54, 1.807) is 0 Å². The molecule has 1 atom stereocenters. The maximum Gasteiger partial charge on any atom is 0.315 e. The highest BCUT2D eigenvalue weighted by Crippen LogP contribution is 2.28. The number of carbonyl (C=O) groups excluding carboxylic acids is 1. The van der Waals surface area contributed by atoms with Crippen LogP contribution in [0, 0.1) is 0 Å². The maximum atomic E-state index is 12.2. The third kappa shape index (κ3) is 3.67. The molecule has 0 saturated heterocycles. The summed E-state index contributed by atoms with van der Waals surface area (Å²) in [6.07, 6.45) is 4.47. The standard InChI is InChI=1S/C19H22N2O/c22-19(20-14-15-8-2-1-3-9-15)21-18-13-7-5-11-16-10-4-6-12-17(16)18/h1-4,6,8-10,12,18H,5,7,11,13-14H2,(H2,20,21,22). The van der Waals surface area contributed by atoms with Gasteiger partial charge >= 0.3 is 6.03 Å². The lowest BCUT2D eigenvalue weighted by Crippen LogP contribution is -2.37. The Bertz CT molecular complexity index is 624. The molecule has 114 valence electrons. The molecule has 0 fully saturated rings. The van der Waals surface area contributed by atoms with Crippen molar-refractivity contribution in [2.75, 3.05) is 0 Å². The molecule has 1 aliphatic rings. The Morgan fingerprint density at radius 2 is 1.77 bits per heavy atom. The van der Waals surface area contributed by atoms with Gasteiger partial charge < -0.3 is 10.6 Å². The van der Waals surface area contributed by atoms with Gasteiger partial charge in [-0.15, -0.1) is 0 Å². The van der Waals surface area contributed by atoms with Crippen molar-refractivity contribution in [2.45, 2.75) is 38.3 Å². The third-order valence-electron chi connectivity index (χ3n) is 4.22. The molecule has 1 unspecified atom stereocenters. The van der Waals surface area contributed by atoms with Gasteiger partial charge in [0.2, 0.25) is 0 Å². The summed E-state index contributed by atoms with van der Waals surface area (Å²) in [5, 5.41) is 6.08. The minimum absolute atomic E-state index is 0.0921. The van der Waals surface area contributed by atoms with E-state index in [4.69, 9.17) is 0 Å². The Hall–Kier alpha value is -2.29. The topological polar surface area (TPSA) is 41.1 Å². The van der Waals surface area contributed by atoms with E-state index >= 15 is 0 Å². The molecule has 3 heteroatoms. The van der Waals surface area contributed by atoms with Gasteiger partial charge in [0.1, 0.15) is 0 Å². The van der Waals surface area contributed by atoms with Crippen molar-refractivity contribution in [1.82, 2.24) is 10.6 Å². The second-order valence-electron chi connectivity index (χ2n) is 5.81. The van der Waals surface area contributed by atoms with Crippen molar-refractivity contribution >= 4 is 6.03 Å². The van der Waals surface area contributed by atoms with Crippen LogP contribution in [0.1, 0.15) is 42.0 Å². The highest BCUT2D eigenvalue weighted by atomic mass is 16.2. The average Bonchev–Trinajstić information content (AvgIpc) is 2.77. The van der Waals surface area contributed by atoms with E-state index in [-0.39, 0.29) is 12.1 Å². The van der Waals surface area contributed by atoms with Crippen LogP contribution in [-0.4, -0.2) is 6.03 Å². The Morgan fingerprint density at radius 3 is 2.64 bits per heavy atom. The molecule has 3 nitrogen and oxygen atoms in total. The summed E-state index contributed by atoms with van der Waals surface area (Å²) in [7, 11) is 0. The van der Waals surface area contributed by atoms with Crippen molar-refractivity contribution in [2.24, 2.45) is 0 Å². The predicted octanol–water partition coefficient (Wildman–Crippen LogP) is 3.95. The number of rotatable bonds is 3. The van der Waals surface area contributed by atoms with Crippen LogP contribution >= 0.6 is 0 Å². The zero-order chi connectivity index (χ0) is 15.2. The summed E-state index contributed by atoms with van der Waals surface area (Å²) in [4.78, 5) is 12.2. The van der Waals surface area contributed by atoms with Crippen LogP contribution in [-0.2, 0) is 13.0 Å². The molecule has 0 aliphatic heterocycles. The van der Waals surface area contributed by atoms with Crippen molar-refractivity contribution in [3.05, 3.63) is 71.3 Å². The highest BCUT2D eigenvalue weighted by Gasteiger charge is 2.19. The number of carbonyl (C=O) groups is 1. The molecule has 2 aromatic rings. The van der Waals surface area contributed by atoms with Crippen LogP contribution in [0.5, 0.6) is 0 Å². The molecule has 2 amide bonds. The first-order chi connectivity index (χ1) is 10.8. The van der Waals surface area contributed by atoms with E-state index in [9.17, 15) is 4.79 Å². The molecule has 0 bridgehead atoms. The molecule has 0 saturated carbocycles. The van der Waals surface area contributed by atoms with E-state index in [1.807, 2.05) is 30.3 Å². The van der Waals surface area contributed by atoms with Crippen LogP contribution in [0.2, 0.25) is 0 Å². The number of urea groups is 1. The van der Waals surface area contributed by atoms with Gasteiger partial charge in [-0.1, -0.05) is 61.0 Å². The number of benzene rings is 2. The Balaban J connectivity index is 1.61. The molecule has 0 spiro atoms. The largest absolute Gasteiger partial charge is 0.334 e. The molecule has 2 aromatic carbocycles. The first kappa shape index (κ1) is 14.6. The monoisotopic (exact) mass is 294 g/mol. The lowest BCUT2D eigenvalue weighted by atomic mass is 9.99. The van der Waals surface area contributed by atoms with E-state index in [2.05, 4.69) is 34.9 Å². The number of nitrogens with one attached hydrogen (secondary N) is 2. The second kappa shape index (κ2) is 7.12. The summed E-state index contributed by atoms with van der Waals surface area (Å²) in [5.74, 6) is 0. The van der Waals surface area contributed by atoms with Crippen molar-refractivity contribution in [3.63, 3.8) is 0 Å². The average molecular weight is 294 g/mol. The zero-order valence-corrected chi connectivity index (χ0v) is 12.7. The minimum Gasteiger partial charge on any atom is -0.334 e. The van der Waals surface area contributed by atoms with Crippen molar-refractivity contribution < 1.29 is 4.79 Å². The van der Waals surface area contributed by atoms with Gasteiger partial charge in [-0.3, -0.25) is 0 Å². The second-order valence-corrected chi connectivity index (χ2v) is 5.81. The third-order valence-corrected chi connectivity index (χ3v) is 4.22. The SMILES string of the molecule is O=C(NCc1ccccc1)NC1CCCCc2ccccc21. The molecule has 0 radical (unpaired) electrons. The van der Waals surface area contributed by atoms with Gasteiger partial charge in [-0.25, -0.2) is 4.79 Å². The van der Waals surface area contributed by atoms with Crippen LogP contribution in [0.4, 0.5) is 4.79 Å². The van der Waals surface area contributed by atoms with Gasteiger partial charge in [0.25, 0.3) is 0 Å². The normalized spacial score (nSPS) is 17.2. The van der Waals surface area contributed by atoms with Gasteiger partial charge in [-0.2, -0.15) is 0 Å². The van der Waals surface area contributed by atoms with E-state index in [0.717, 1.165) is 24.8 Å². The zero-order valence-electron chi connectivity index (χ0n) is 12.7. The number of fused-ring (bicyclic) bond motifs is 1.